The molecule has 0 atom stereocenters. The van der Waals surface area contributed by atoms with Gasteiger partial charge in [0.1, 0.15) is 13.2 Å². The zero-order chi connectivity index (χ0) is 21.7. The second-order valence-electron chi connectivity index (χ2n) is 5.74. The maximum Gasteiger partial charge on any atom is 0.322 e. The number of ether oxygens (including phenoxy) is 1. The normalized spacial score (nSPS) is 10.4. The highest BCUT2D eigenvalue weighted by molar-refractivity contribution is 6.37. The molecule has 0 radical (unpaired) electrons. The Hall–Kier alpha value is -2.55. The molecule has 0 heterocycles. The summed E-state index contributed by atoms with van der Waals surface area (Å²) in [5.74, 6) is -3.12. The average Bonchev–Trinajstić information content (AvgIpc) is 2.61. The fourth-order valence-corrected chi connectivity index (χ4v) is 3.11. The first-order chi connectivity index (χ1) is 13.6. The van der Waals surface area contributed by atoms with Gasteiger partial charge in [-0.2, -0.15) is 0 Å². The van der Waals surface area contributed by atoms with Gasteiger partial charge in [-0.1, -0.05) is 34.8 Å². The maximum absolute atomic E-state index is 14.5. The highest BCUT2D eigenvalue weighted by Gasteiger charge is 2.17. The van der Waals surface area contributed by atoms with Crippen LogP contribution in [0.2, 0.25) is 15.1 Å². The molecule has 2 amide bonds. The highest BCUT2D eigenvalue weighted by Crippen LogP contribution is 2.35. The summed E-state index contributed by atoms with van der Waals surface area (Å²) in [4.78, 5) is 33.6. The van der Waals surface area contributed by atoms with E-state index in [-0.39, 0.29) is 44.2 Å². The Morgan fingerprint density at radius 3 is 2.28 bits per heavy atom. The summed E-state index contributed by atoms with van der Waals surface area (Å²) >= 11 is 18.1. The van der Waals surface area contributed by atoms with Crippen LogP contribution in [-0.4, -0.2) is 29.4 Å². The number of aliphatic carboxylic acids is 1. The lowest BCUT2D eigenvalue weighted by Crippen LogP contribution is -2.29. The number of benzene rings is 2. The lowest BCUT2D eigenvalue weighted by molar-refractivity contribution is -0.135. The Kier molecular flexibility index (Phi) is 7.66. The molecule has 7 nitrogen and oxygen atoms in total. The third-order valence-corrected chi connectivity index (χ3v) is 4.24. The van der Waals surface area contributed by atoms with Crippen LogP contribution in [0.25, 0.3) is 0 Å². The molecule has 0 saturated heterocycles. The quantitative estimate of drug-likeness (QED) is 0.572. The van der Waals surface area contributed by atoms with Crippen molar-refractivity contribution in [3.8, 4) is 5.75 Å². The number of carbonyl (C=O) groups is 3. The number of nitrogens with one attached hydrogen (secondary N) is 2. The van der Waals surface area contributed by atoms with Crippen molar-refractivity contribution in [2.45, 2.75) is 13.5 Å². The first kappa shape index (κ1) is 22.7. The number of anilines is 1. The summed E-state index contributed by atoms with van der Waals surface area (Å²) in [6, 6.07) is 5.04. The molecule has 2 rings (SSSR count). The lowest BCUT2D eigenvalue weighted by atomic mass is 10.2. The standard InChI is InChI=1S/C18H14Cl3FN2O5/c1-8(25)24-14-5-11(19)2-10(16(14)22)7-29-17-12(20)3-9(4-13(17)21)18(28)23-6-15(26)27/h2-5H,6-7H2,1H3,(H,23,28)(H,24,25)(H,26,27). The van der Waals surface area contributed by atoms with Gasteiger partial charge in [0.15, 0.2) is 11.6 Å². The van der Waals surface area contributed by atoms with E-state index in [0.29, 0.717) is 0 Å². The molecular formula is C18H14Cl3FN2O5. The summed E-state index contributed by atoms with van der Waals surface area (Å²) in [5.41, 5.74) is -0.0432. The molecule has 0 saturated carbocycles. The van der Waals surface area contributed by atoms with Crippen LogP contribution < -0.4 is 15.4 Å². The van der Waals surface area contributed by atoms with Crippen molar-refractivity contribution < 1.29 is 28.6 Å². The van der Waals surface area contributed by atoms with Crippen LogP contribution in [0.15, 0.2) is 24.3 Å². The van der Waals surface area contributed by atoms with Gasteiger partial charge in [-0.15, -0.1) is 0 Å². The Morgan fingerprint density at radius 1 is 1.10 bits per heavy atom. The molecule has 0 bridgehead atoms. The minimum absolute atomic E-state index is 0.0106. The van der Waals surface area contributed by atoms with Crippen LogP contribution >= 0.6 is 34.8 Å². The number of hydrogen-bond donors (Lipinski definition) is 3. The highest BCUT2D eigenvalue weighted by atomic mass is 35.5. The van der Waals surface area contributed by atoms with E-state index in [1.54, 1.807) is 0 Å². The molecule has 2 aromatic rings. The molecule has 0 unspecified atom stereocenters. The van der Waals surface area contributed by atoms with Crippen LogP contribution in [0.5, 0.6) is 5.75 Å². The first-order valence-corrected chi connectivity index (χ1v) is 9.09. The van der Waals surface area contributed by atoms with Crippen LogP contribution in [0.4, 0.5) is 10.1 Å². The SMILES string of the molecule is CC(=O)Nc1cc(Cl)cc(COc2c(Cl)cc(C(=O)NCC(=O)O)cc2Cl)c1F. The fourth-order valence-electron chi connectivity index (χ4n) is 2.27. The molecule has 29 heavy (non-hydrogen) atoms. The largest absolute Gasteiger partial charge is 0.486 e. The molecule has 0 spiro atoms. The monoisotopic (exact) mass is 462 g/mol. The smallest absolute Gasteiger partial charge is 0.322 e. The summed E-state index contributed by atoms with van der Waals surface area (Å²) in [7, 11) is 0. The van der Waals surface area contributed by atoms with Gasteiger partial charge in [0, 0.05) is 23.1 Å². The number of carboxylic acids is 1. The van der Waals surface area contributed by atoms with E-state index in [4.69, 9.17) is 44.6 Å². The van der Waals surface area contributed by atoms with Crippen LogP contribution in [0.1, 0.15) is 22.8 Å². The molecule has 0 aliphatic carbocycles. The Balaban J connectivity index is 2.21. The minimum Gasteiger partial charge on any atom is -0.486 e. The predicted octanol–water partition coefficient (Wildman–Crippen LogP) is 4.14. The Bertz CT molecular complexity index is 961. The van der Waals surface area contributed by atoms with E-state index in [9.17, 15) is 18.8 Å². The molecule has 3 N–H and O–H groups in total. The van der Waals surface area contributed by atoms with Crippen LogP contribution in [0, 0.1) is 5.82 Å². The van der Waals surface area contributed by atoms with Crippen LogP contribution in [-0.2, 0) is 16.2 Å². The molecule has 0 aliphatic rings. The molecule has 154 valence electrons. The van der Waals surface area contributed by atoms with Gasteiger partial charge in [0.25, 0.3) is 5.91 Å². The summed E-state index contributed by atoms with van der Waals surface area (Å²) in [5, 5.41) is 13.2. The summed E-state index contributed by atoms with van der Waals surface area (Å²) in [6.07, 6.45) is 0. The van der Waals surface area contributed by atoms with Crippen molar-refractivity contribution in [2.24, 2.45) is 0 Å². The van der Waals surface area contributed by atoms with E-state index in [2.05, 4.69) is 10.6 Å². The van der Waals surface area contributed by atoms with Crippen LogP contribution in [0.3, 0.4) is 0 Å². The van der Waals surface area contributed by atoms with E-state index < -0.39 is 30.1 Å². The number of amides is 2. The number of carboxylic acid groups (broad SMARTS) is 1. The van der Waals surface area contributed by atoms with Gasteiger partial charge >= 0.3 is 5.97 Å². The second-order valence-corrected chi connectivity index (χ2v) is 6.99. The average molecular weight is 464 g/mol. The zero-order valence-electron chi connectivity index (χ0n) is 14.8. The Morgan fingerprint density at radius 2 is 1.72 bits per heavy atom. The van der Waals surface area contributed by atoms with Gasteiger partial charge in [-0.3, -0.25) is 14.4 Å². The third-order valence-electron chi connectivity index (χ3n) is 3.46. The van der Waals surface area contributed by atoms with Crippen molar-refractivity contribution in [2.75, 3.05) is 11.9 Å². The van der Waals surface area contributed by atoms with Gasteiger partial charge in [-0.25, -0.2) is 4.39 Å². The summed E-state index contributed by atoms with van der Waals surface area (Å²) < 4.78 is 20.0. The fraction of sp³-hybridized carbons (Fsp3) is 0.167. The maximum atomic E-state index is 14.5. The predicted molar refractivity (Wildman–Crippen MR) is 106 cm³/mol. The molecule has 0 aliphatic heterocycles. The Labute approximate surface area is 179 Å². The minimum atomic E-state index is -1.21. The second kappa shape index (κ2) is 9.78. The van der Waals surface area contributed by atoms with E-state index in [0.717, 1.165) is 0 Å². The molecule has 0 fully saturated rings. The third kappa shape index (κ3) is 6.22. The van der Waals surface area contributed by atoms with Crippen molar-refractivity contribution in [3.05, 3.63) is 56.3 Å². The van der Waals surface area contributed by atoms with E-state index in [1.165, 1.54) is 31.2 Å². The van der Waals surface area contributed by atoms with Crippen molar-refractivity contribution in [1.29, 1.82) is 0 Å². The molecular weight excluding hydrogens is 450 g/mol. The number of carbonyl (C=O) groups excluding carboxylic acids is 2. The molecule has 2 aromatic carbocycles. The lowest BCUT2D eigenvalue weighted by Gasteiger charge is -2.14. The molecule has 0 aromatic heterocycles. The zero-order valence-corrected chi connectivity index (χ0v) is 17.1. The topological polar surface area (TPSA) is 105 Å². The number of hydrogen-bond acceptors (Lipinski definition) is 4. The van der Waals surface area contributed by atoms with Gasteiger partial charge < -0.3 is 20.5 Å². The van der Waals surface area contributed by atoms with E-state index >= 15 is 0 Å². The van der Waals surface area contributed by atoms with Gasteiger partial charge in [0.05, 0.1) is 15.7 Å². The number of rotatable bonds is 7. The van der Waals surface area contributed by atoms with Gasteiger partial charge in [0.2, 0.25) is 5.91 Å². The van der Waals surface area contributed by atoms with Gasteiger partial charge in [-0.05, 0) is 24.3 Å². The molecule has 11 heteroatoms. The van der Waals surface area contributed by atoms with E-state index in [1.807, 2.05) is 0 Å². The van der Waals surface area contributed by atoms with Crippen molar-refractivity contribution >= 4 is 58.3 Å². The summed E-state index contributed by atoms with van der Waals surface area (Å²) in [6.45, 7) is 0.338. The number of halogens is 4. The van der Waals surface area contributed by atoms with Crippen molar-refractivity contribution in [1.82, 2.24) is 5.32 Å². The van der Waals surface area contributed by atoms with Crippen molar-refractivity contribution in [3.63, 3.8) is 0 Å². The first-order valence-electron chi connectivity index (χ1n) is 7.95.